The number of aryl methyl sites for hydroxylation is 1. The second kappa shape index (κ2) is 7.61. The average Bonchev–Trinajstić information content (AvgIpc) is 2.62. The molecule has 0 heterocycles. The van der Waals surface area contributed by atoms with Gasteiger partial charge in [0.25, 0.3) is 0 Å². The fraction of sp³-hybridized carbons (Fsp3) is 0.0952. The molecular formula is C21H14F4O2. The van der Waals surface area contributed by atoms with Gasteiger partial charge in [0.05, 0.1) is 0 Å². The van der Waals surface area contributed by atoms with E-state index in [1.165, 1.54) is 24.3 Å². The molecule has 0 saturated heterocycles. The highest BCUT2D eigenvalue weighted by Gasteiger charge is 2.21. The molecule has 0 aliphatic carbocycles. The number of ether oxygens (including phenoxy) is 1. The van der Waals surface area contributed by atoms with Gasteiger partial charge in [0.2, 0.25) is 0 Å². The van der Waals surface area contributed by atoms with Crippen LogP contribution in [0, 0.1) is 23.3 Å². The van der Waals surface area contributed by atoms with Gasteiger partial charge in [-0.3, -0.25) is 0 Å². The molecular weight excluding hydrogens is 360 g/mol. The Balaban J connectivity index is 1.88. The fourth-order valence-electron chi connectivity index (χ4n) is 2.70. The molecule has 0 bridgehead atoms. The predicted molar refractivity (Wildman–Crippen MR) is 93.7 cm³/mol. The second-order valence-electron chi connectivity index (χ2n) is 5.90. The number of allylic oxidation sites excluding steroid dienone is 1. The molecule has 2 nitrogen and oxygen atoms in total. The normalized spacial score (nSPS) is 10.8. The molecule has 0 N–H and O–H groups in total. The van der Waals surface area contributed by atoms with Crippen LogP contribution in [0.25, 0.3) is 10.8 Å². The van der Waals surface area contributed by atoms with Crippen molar-refractivity contribution in [3.05, 3.63) is 89.5 Å². The van der Waals surface area contributed by atoms with E-state index in [4.69, 9.17) is 4.74 Å². The molecule has 0 aliphatic heterocycles. The van der Waals surface area contributed by atoms with Gasteiger partial charge < -0.3 is 4.74 Å². The first-order chi connectivity index (χ1) is 12.9. The first kappa shape index (κ1) is 18.6. The highest BCUT2D eigenvalue weighted by atomic mass is 19.2. The van der Waals surface area contributed by atoms with Crippen LogP contribution in [0.5, 0.6) is 5.75 Å². The maximum Gasteiger partial charge on any atom is 0.349 e. The van der Waals surface area contributed by atoms with Crippen molar-refractivity contribution in [3.63, 3.8) is 0 Å². The maximum absolute atomic E-state index is 14.2. The van der Waals surface area contributed by atoms with Crippen LogP contribution in [0.15, 0.2) is 55.1 Å². The van der Waals surface area contributed by atoms with Crippen molar-refractivity contribution in [1.29, 1.82) is 0 Å². The molecule has 27 heavy (non-hydrogen) atoms. The molecule has 3 rings (SSSR count). The molecule has 0 aromatic heterocycles. The van der Waals surface area contributed by atoms with Crippen LogP contribution >= 0.6 is 0 Å². The summed E-state index contributed by atoms with van der Waals surface area (Å²) < 4.78 is 60.3. The third-order valence-electron chi connectivity index (χ3n) is 4.03. The van der Waals surface area contributed by atoms with Crippen LogP contribution in [0.3, 0.4) is 0 Å². The number of hydrogen-bond donors (Lipinski definition) is 0. The molecule has 0 fully saturated rings. The first-order valence-electron chi connectivity index (χ1n) is 8.09. The topological polar surface area (TPSA) is 26.3 Å². The van der Waals surface area contributed by atoms with Crippen LogP contribution in [0.2, 0.25) is 0 Å². The molecule has 138 valence electrons. The zero-order valence-corrected chi connectivity index (χ0v) is 14.1. The van der Waals surface area contributed by atoms with E-state index in [0.29, 0.717) is 18.4 Å². The molecule has 0 spiro atoms. The van der Waals surface area contributed by atoms with Crippen molar-refractivity contribution < 1.29 is 27.1 Å². The Morgan fingerprint density at radius 2 is 1.67 bits per heavy atom. The van der Waals surface area contributed by atoms with Gasteiger partial charge in [-0.1, -0.05) is 12.1 Å². The summed E-state index contributed by atoms with van der Waals surface area (Å²) >= 11 is 0. The summed E-state index contributed by atoms with van der Waals surface area (Å²) in [6.45, 7) is 3.54. The SMILES string of the molecule is C=CCCc1cc(F)c(C(=O)Oc2ccc3c(F)c(F)ccc3c2)c(F)c1. The number of hydrogen-bond acceptors (Lipinski definition) is 2. The van der Waals surface area contributed by atoms with Gasteiger partial charge >= 0.3 is 5.97 Å². The predicted octanol–water partition coefficient (Wildman–Crippen LogP) is 5.73. The van der Waals surface area contributed by atoms with E-state index >= 15 is 0 Å². The Morgan fingerprint density at radius 1 is 0.963 bits per heavy atom. The molecule has 3 aromatic carbocycles. The van der Waals surface area contributed by atoms with Crippen LogP contribution in [-0.2, 0) is 6.42 Å². The summed E-state index contributed by atoms with van der Waals surface area (Å²) in [5, 5.41) is 0.277. The summed E-state index contributed by atoms with van der Waals surface area (Å²) in [4.78, 5) is 12.2. The largest absolute Gasteiger partial charge is 0.423 e. The number of fused-ring (bicyclic) bond motifs is 1. The minimum absolute atomic E-state index is 0.00117. The highest BCUT2D eigenvalue weighted by molar-refractivity contribution is 5.92. The third-order valence-corrected chi connectivity index (χ3v) is 4.03. The van der Waals surface area contributed by atoms with Crippen LogP contribution < -0.4 is 4.74 Å². The Hall–Kier alpha value is -3.15. The van der Waals surface area contributed by atoms with Crippen molar-refractivity contribution in [2.24, 2.45) is 0 Å². The lowest BCUT2D eigenvalue weighted by Crippen LogP contribution is -2.14. The van der Waals surface area contributed by atoms with Crippen molar-refractivity contribution in [2.45, 2.75) is 12.8 Å². The van der Waals surface area contributed by atoms with E-state index in [9.17, 15) is 22.4 Å². The molecule has 0 atom stereocenters. The quantitative estimate of drug-likeness (QED) is 0.247. The number of benzene rings is 3. The lowest BCUT2D eigenvalue weighted by atomic mass is 10.1. The third kappa shape index (κ3) is 3.84. The van der Waals surface area contributed by atoms with E-state index in [1.54, 1.807) is 6.08 Å². The molecule has 0 amide bonds. The van der Waals surface area contributed by atoms with Gasteiger partial charge in [0.15, 0.2) is 11.6 Å². The number of carbonyl (C=O) groups is 1. The lowest BCUT2D eigenvalue weighted by Gasteiger charge is -2.09. The van der Waals surface area contributed by atoms with Crippen molar-refractivity contribution >= 4 is 16.7 Å². The van der Waals surface area contributed by atoms with Crippen LogP contribution in [0.4, 0.5) is 17.6 Å². The average molecular weight is 374 g/mol. The first-order valence-corrected chi connectivity index (χ1v) is 8.09. The smallest absolute Gasteiger partial charge is 0.349 e. The van der Waals surface area contributed by atoms with Gasteiger partial charge in [-0.2, -0.15) is 0 Å². The minimum Gasteiger partial charge on any atom is -0.423 e. The lowest BCUT2D eigenvalue weighted by molar-refractivity contribution is 0.0725. The summed E-state index contributed by atoms with van der Waals surface area (Å²) in [6, 6.07) is 8.11. The van der Waals surface area contributed by atoms with E-state index < -0.39 is 34.8 Å². The van der Waals surface area contributed by atoms with Gasteiger partial charge in [0, 0.05) is 5.39 Å². The Kier molecular flexibility index (Phi) is 5.26. The molecule has 3 aromatic rings. The summed E-state index contributed by atoms with van der Waals surface area (Å²) in [5.74, 6) is -5.37. The minimum atomic E-state index is -1.22. The van der Waals surface area contributed by atoms with E-state index in [0.717, 1.165) is 18.2 Å². The van der Waals surface area contributed by atoms with Crippen molar-refractivity contribution in [3.8, 4) is 5.75 Å². The monoisotopic (exact) mass is 374 g/mol. The van der Waals surface area contributed by atoms with Gasteiger partial charge in [0.1, 0.15) is 22.9 Å². The Labute approximate surface area is 152 Å². The summed E-state index contributed by atoms with van der Waals surface area (Å²) in [7, 11) is 0. The fourth-order valence-corrected chi connectivity index (χ4v) is 2.70. The number of halogens is 4. The number of carbonyl (C=O) groups excluding carboxylic acids is 1. The van der Waals surface area contributed by atoms with Gasteiger partial charge in [-0.15, -0.1) is 6.58 Å². The number of esters is 1. The molecule has 0 radical (unpaired) electrons. The second-order valence-corrected chi connectivity index (χ2v) is 5.90. The number of rotatable bonds is 5. The Morgan fingerprint density at radius 3 is 2.33 bits per heavy atom. The summed E-state index contributed by atoms with van der Waals surface area (Å²) in [6.07, 6.45) is 2.54. The zero-order valence-electron chi connectivity index (χ0n) is 14.1. The molecule has 0 saturated carbocycles. The van der Waals surface area contributed by atoms with Gasteiger partial charge in [-0.25, -0.2) is 22.4 Å². The van der Waals surface area contributed by atoms with Gasteiger partial charge in [-0.05, 0) is 60.2 Å². The van der Waals surface area contributed by atoms with Crippen LogP contribution in [0.1, 0.15) is 22.3 Å². The molecule has 6 heteroatoms. The maximum atomic E-state index is 14.2. The van der Waals surface area contributed by atoms with Crippen molar-refractivity contribution in [2.75, 3.05) is 0 Å². The van der Waals surface area contributed by atoms with Crippen LogP contribution in [-0.4, -0.2) is 5.97 Å². The highest BCUT2D eigenvalue weighted by Crippen LogP contribution is 2.26. The molecule has 0 unspecified atom stereocenters. The van der Waals surface area contributed by atoms with E-state index in [2.05, 4.69) is 6.58 Å². The Bertz CT molecular complexity index is 1020. The summed E-state index contributed by atoms with van der Waals surface area (Å²) in [5.41, 5.74) is -0.424. The standard InChI is InChI=1S/C21H14F4O2/c1-2-3-4-12-9-17(23)19(18(24)10-12)21(26)27-14-6-7-15-13(11-14)5-8-16(22)20(15)25/h2,5-11H,1,3-4H2. The van der Waals surface area contributed by atoms with E-state index in [-0.39, 0.29) is 16.5 Å². The zero-order chi connectivity index (χ0) is 19.6. The molecule has 0 aliphatic rings. The van der Waals surface area contributed by atoms with E-state index in [1.807, 2.05) is 0 Å². The van der Waals surface area contributed by atoms with Crippen molar-refractivity contribution in [1.82, 2.24) is 0 Å².